The standard InChI is InChI=1S/C12H12FNO4/c13-9-6-10(11(15)16)14(7-9)18-12(17)8-4-2-1-3-5-8/h1-5,9-10H,6-7H2,(H,15,16)/t9-,10-/m0/s1. The lowest BCUT2D eigenvalue weighted by Crippen LogP contribution is -2.37. The largest absolute Gasteiger partial charge is 0.480 e. The second-order valence-corrected chi connectivity index (χ2v) is 4.03. The molecule has 0 unspecified atom stereocenters. The number of rotatable bonds is 3. The maximum absolute atomic E-state index is 13.1. The van der Waals surface area contributed by atoms with Crippen LogP contribution in [0.2, 0.25) is 0 Å². The SMILES string of the molecule is O=C(ON1C[C@@H](F)C[C@H]1C(=O)O)c1ccccc1. The number of hydrogen-bond acceptors (Lipinski definition) is 4. The fourth-order valence-corrected chi connectivity index (χ4v) is 1.82. The van der Waals surface area contributed by atoms with E-state index in [1.165, 1.54) is 0 Å². The van der Waals surface area contributed by atoms with Crippen LogP contribution in [-0.4, -0.2) is 40.9 Å². The van der Waals surface area contributed by atoms with E-state index < -0.39 is 24.2 Å². The second kappa shape index (κ2) is 5.14. The first-order valence-electron chi connectivity index (χ1n) is 5.49. The van der Waals surface area contributed by atoms with E-state index in [9.17, 15) is 14.0 Å². The Morgan fingerprint density at radius 2 is 2.00 bits per heavy atom. The first-order valence-corrected chi connectivity index (χ1v) is 5.49. The molecule has 1 aromatic carbocycles. The van der Waals surface area contributed by atoms with Gasteiger partial charge in [0, 0.05) is 6.42 Å². The zero-order chi connectivity index (χ0) is 13.1. The molecule has 1 heterocycles. The number of alkyl halides is 1. The highest BCUT2D eigenvalue weighted by Crippen LogP contribution is 2.21. The molecule has 1 aliphatic rings. The van der Waals surface area contributed by atoms with Gasteiger partial charge in [0.15, 0.2) is 0 Å². The van der Waals surface area contributed by atoms with E-state index in [4.69, 9.17) is 9.94 Å². The molecule has 96 valence electrons. The van der Waals surface area contributed by atoms with Crippen molar-refractivity contribution in [2.75, 3.05) is 6.54 Å². The number of nitrogens with zero attached hydrogens (tertiary/aromatic N) is 1. The molecule has 5 nitrogen and oxygen atoms in total. The Morgan fingerprint density at radius 1 is 1.33 bits per heavy atom. The summed E-state index contributed by atoms with van der Waals surface area (Å²) in [6.45, 7) is -0.213. The van der Waals surface area contributed by atoms with Crippen LogP contribution in [0.15, 0.2) is 30.3 Å². The van der Waals surface area contributed by atoms with Crippen molar-refractivity contribution in [2.45, 2.75) is 18.6 Å². The van der Waals surface area contributed by atoms with Crippen molar-refractivity contribution < 1.29 is 23.9 Å². The molecule has 1 fully saturated rings. The van der Waals surface area contributed by atoms with Crippen LogP contribution in [0.1, 0.15) is 16.8 Å². The van der Waals surface area contributed by atoms with E-state index in [2.05, 4.69) is 0 Å². The van der Waals surface area contributed by atoms with Crippen LogP contribution in [0.4, 0.5) is 4.39 Å². The van der Waals surface area contributed by atoms with Crippen molar-refractivity contribution in [1.82, 2.24) is 5.06 Å². The third-order valence-electron chi connectivity index (χ3n) is 2.70. The van der Waals surface area contributed by atoms with Crippen LogP contribution in [0, 0.1) is 0 Å². The first-order chi connectivity index (χ1) is 8.58. The molecular formula is C12H12FNO4. The van der Waals surface area contributed by atoms with Crippen LogP contribution < -0.4 is 0 Å². The molecular weight excluding hydrogens is 241 g/mol. The van der Waals surface area contributed by atoms with Gasteiger partial charge in [0.25, 0.3) is 0 Å². The van der Waals surface area contributed by atoms with Crippen molar-refractivity contribution in [3.8, 4) is 0 Å². The minimum atomic E-state index is -1.30. The van der Waals surface area contributed by atoms with Gasteiger partial charge in [0.05, 0.1) is 12.1 Å². The van der Waals surface area contributed by atoms with E-state index in [0.29, 0.717) is 5.56 Å². The predicted molar refractivity (Wildman–Crippen MR) is 59.5 cm³/mol. The van der Waals surface area contributed by atoms with Crippen molar-refractivity contribution in [2.24, 2.45) is 0 Å². The van der Waals surface area contributed by atoms with Gasteiger partial charge >= 0.3 is 11.9 Å². The number of halogens is 1. The summed E-state index contributed by atoms with van der Waals surface area (Å²) >= 11 is 0. The molecule has 2 rings (SSSR count). The highest BCUT2D eigenvalue weighted by atomic mass is 19.1. The van der Waals surface area contributed by atoms with Crippen LogP contribution in [-0.2, 0) is 9.63 Å². The van der Waals surface area contributed by atoms with Gasteiger partial charge in [-0.3, -0.25) is 4.79 Å². The molecule has 0 aliphatic carbocycles. The molecule has 1 N–H and O–H groups in total. The molecule has 1 aromatic rings. The maximum atomic E-state index is 13.1. The zero-order valence-electron chi connectivity index (χ0n) is 9.45. The highest BCUT2D eigenvalue weighted by molar-refractivity contribution is 5.89. The summed E-state index contributed by atoms with van der Waals surface area (Å²) in [5.74, 6) is -1.88. The van der Waals surface area contributed by atoms with Crippen LogP contribution in [0.5, 0.6) is 0 Å². The smallest absolute Gasteiger partial charge is 0.357 e. The first kappa shape index (κ1) is 12.5. The van der Waals surface area contributed by atoms with Gasteiger partial charge in [-0.1, -0.05) is 18.2 Å². The normalized spacial score (nSPS) is 23.8. The predicted octanol–water partition coefficient (Wildman–Crippen LogP) is 1.26. The molecule has 1 saturated heterocycles. The van der Waals surface area contributed by atoms with Gasteiger partial charge in [-0.25, -0.2) is 9.18 Å². The molecule has 0 saturated carbocycles. The average Bonchev–Trinajstić information content (AvgIpc) is 2.71. The summed E-state index contributed by atoms with van der Waals surface area (Å²) in [6.07, 6.45) is -1.47. The van der Waals surface area contributed by atoms with Crippen LogP contribution in [0.25, 0.3) is 0 Å². The topological polar surface area (TPSA) is 66.8 Å². The van der Waals surface area contributed by atoms with Crippen molar-refractivity contribution in [1.29, 1.82) is 0 Å². The minimum Gasteiger partial charge on any atom is -0.480 e. The number of carbonyl (C=O) groups is 2. The van der Waals surface area contributed by atoms with Crippen molar-refractivity contribution >= 4 is 11.9 Å². The van der Waals surface area contributed by atoms with Gasteiger partial charge in [-0.05, 0) is 12.1 Å². The third kappa shape index (κ3) is 2.65. The number of hydrogen-bond donors (Lipinski definition) is 1. The van der Waals surface area contributed by atoms with Crippen molar-refractivity contribution in [3.63, 3.8) is 0 Å². The van der Waals surface area contributed by atoms with E-state index in [0.717, 1.165) is 5.06 Å². The maximum Gasteiger partial charge on any atom is 0.357 e. The molecule has 6 heteroatoms. The molecule has 0 bridgehead atoms. The molecule has 0 radical (unpaired) electrons. The van der Waals surface area contributed by atoms with Gasteiger partial charge in [-0.2, -0.15) is 0 Å². The monoisotopic (exact) mass is 253 g/mol. The number of aliphatic carboxylic acids is 1. The summed E-state index contributed by atoms with van der Waals surface area (Å²) in [4.78, 5) is 27.5. The summed E-state index contributed by atoms with van der Waals surface area (Å²) in [7, 11) is 0. The second-order valence-electron chi connectivity index (χ2n) is 4.03. The Hall–Kier alpha value is -1.95. The van der Waals surface area contributed by atoms with E-state index in [-0.39, 0.29) is 13.0 Å². The van der Waals surface area contributed by atoms with Gasteiger partial charge in [0.2, 0.25) is 0 Å². The molecule has 2 atom stereocenters. The molecule has 0 aromatic heterocycles. The number of carbonyl (C=O) groups excluding carboxylic acids is 1. The van der Waals surface area contributed by atoms with Gasteiger partial charge < -0.3 is 9.94 Å². The van der Waals surface area contributed by atoms with Gasteiger partial charge in [0.1, 0.15) is 12.2 Å². The fourth-order valence-electron chi connectivity index (χ4n) is 1.82. The average molecular weight is 253 g/mol. The summed E-state index contributed by atoms with van der Waals surface area (Å²) in [5, 5.41) is 9.78. The Balaban J connectivity index is 2.05. The Kier molecular flexibility index (Phi) is 3.57. The van der Waals surface area contributed by atoms with E-state index in [1.807, 2.05) is 0 Å². The van der Waals surface area contributed by atoms with Crippen LogP contribution >= 0.6 is 0 Å². The molecule has 1 aliphatic heterocycles. The minimum absolute atomic E-state index is 0.169. The highest BCUT2D eigenvalue weighted by Gasteiger charge is 2.39. The summed E-state index contributed by atoms with van der Waals surface area (Å²) in [5.41, 5.74) is 0.295. The number of carboxylic acid groups (broad SMARTS) is 1. The lowest BCUT2D eigenvalue weighted by Gasteiger charge is -2.19. The van der Waals surface area contributed by atoms with Crippen molar-refractivity contribution in [3.05, 3.63) is 35.9 Å². The Bertz CT molecular complexity index is 451. The third-order valence-corrected chi connectivity index (χ3v) is 2.70. The zero-order valence-corrected chi connectivity index (χ0v) is 9.45. The summed E-state index contributed by atoms with van der Waals surface area (Å²) < 4.78 is 13.1. The number of benzene rings is 1. The lowest BCUT2D eigenvalue weighted by molar-refractivity contribution is -0.163. The van der Waals surface area contributed by atoms with Crippen LogP contribution in [0.3, 0.4) is 0 Å². The number of hydroxylamine groups is 2. The summed E-state index contributed by atoms with van der Waals surface area (Å²) in [6, 6.07) is 7.03. The van der Waals surface area contributed by atoms with E-state index >= 15 is 0 Å². The Labute approximate surface area is 103 Å². The Morgan fingerprint density at radius 3 is 2.61 bits per heavy atom. The molecule has 0 spiro atoms. The molecule has 18 heavy (non-hydrogen) atoms. The fraction of sp³-hybridized carbons (Fsp3) is 0.333. The quantitative estimate of drug-likeness (QED) is 0.878. The van der Waals surface area contributed by atoms with Gasteiger partial charge in [-0.15, -0.1) is 5.06 Å². The van der Waals surface area contributed by atoms with E-state index in [1.54, 1.807) is 30.3 Å². The molecule has 0 amide bonds. The number of carboxylic acids is 1. The lowest BCUT2D eigenvalue weighted by atomic mass is 10.2.